The first kappa shape index (κ1) is 37.5. The Kier molecular flexibility index (Phi) is 11.7. The summed E-state index contributed by atoms with van der Waals surface area (Å²) in [5.41, 5.74) is 13.4. The summed E-state index contributed by atoms with van der Waals surface area (Å²) < 4.78 is 11.9. The highest BCUT2D eigenvalue weighted by atomic mass is 16.5. The standard InChI is InChI=1S/C56H44O2/c1-57-55-37-41(29-33-49(55)39-53(43-17-7-3-8-18-43)44-19-9-4-10-20-44)27-31-47-35-36-48(52-26-16-15-25-51(47)52)32-28-42-30-34-50(56(38-42)58-2)40-54(45-21-11-5-12-22-45)46-23-13-6-14-24-46/h3-40H,1-2H3/b31-27+,32-28+. The van der Waals surface area contributed by atoms with Gasteiger partial charge in [0.2, 0.25) is 0 Å². The van der Waals surface area contributed by atoms with E-state index in [1.165, 1.54) is 10.8 Å². The minimum absolute atomic E-state index is 0.824. The van der Waals surface area contributed by atoms with E-state index in [0.29, 0.717) is 0 Å². The third kappa shape index (κ3) is 8.68. The van der Waals surface area contributed by atoms with Crippen molar-refractivity contribution in [3.05, 3.63) is 250 Å². The Morgan fingerprint density at radius 2 is 0.638 bits per heavy atom. The first-order valence-corrected chi connectivity index (χ1v) is 19.6. The molecule has 8 aromatic carbocycles. The van der Waals surface area contributed by atoms with Gasteiger partial charge < -0.3 is 9.47 Å². The predicted octanol–water partition coefficient (Wildman–Crippen LogP) is 14.4. The Morgan fingerprint density at radius 1 is 0.328 bits per heavy atom. The summed E-state index contributed by atoms with van der Waals surface area (Å²) in [5, 5.41) is 2.38. The molecule has 0 unspecified atom stereocenters. The molecule has 0 N–H and O–H groups in total. The van der Waals surface area contributed by atoms with Gasteiger partial charge in [0.05, 0.1) is 14.2 Å². The number of fused-ring (bicyclic) bond motifs is 1. The Bertz CT molecular complexity index is 2480. The SMILES string of the molecule is COc1cc(/C=C/c2ccc(/C=C/c3ccc(C=C(c4ccccc4)c4ccccc4)c(OC)c3)c3ccccc23)ccc1C=C(c1ccccc1)c1ccccc1. The first-order chi connectivity index (χ1) is 28.7. The molecule has 0 atom stereocenters. The molecule has 8 rings (SSSR count). The van der Waals surface area contributed by atoms with Gasteiger partial charge in [0.25, 0.3) is 0 Å². The Hall–Kier alpha value is -7.42. The van der Waals surface area contributed by atoms with Crippen LogP contribution in [0.15, 0.2) is 194 Å². The topological polar surface area (TPSA) is 18.5 Å². The maximum absolute atomic E-state index is 5.94. The van der Waals surface area contributed by atoms with Crippen molar-refractivity contribution in [2.24, 2.45) is 0 Å². The normalized spacial score (nSPS) is 11.1. The van der Waals surface area contributed by atoms with Crippen molar-refractivity contribution >= 4 is 58.4 Å². The number of hydrogen-bond donors (Lipinski definition) is 0. The zero-order valence-electron chi connectivity index (χ0n) is 32.8. The summed E-state index contributed by atoms with van der Waals surface area (Å²) in [7, 11) is 3.47. The summed E-state index contributed by atoms with van der Waals surface area (Å²) in [5.74, 6) is 1.65. The molecule has 0 aliphatic heterocycles. The van der Waals surface area contributed by atoms with Crippen LogP contribution in [0.25, 0.3) is 58.4 Å². The van der Waals surface area contributed by atoms with Crippen molar-refractivity contribution in [1.29, 1.82) is 0 Å². The van der Waals surface area contributed by atoms with Crippen molar-refractivity contribution in [3.8, 4) is 11.5 Å². The summed E-state index contributed by atoms with van der Waals surface area (Å²) in [6.07, 6.45) is 13.1. The molecule has 0 bridgehead atoms. The van der Waals surface area contributed by atoms with Crippen LogP contribution in [-0.4, -0.2) is 14.2 Å². The molecule has 0 amide bonds. The van der Waals surface area contributed by atoms with Crippen LogP contribution in [0.3, 0.4) is 0 Å². The van der Waals surface area contributed by atoms with Crippen LogP contribution in [0, 0.1) is 0 Å². The fourth-order valence-corrected chi connectivity index (χ4v) is 7.36. The quantitative estimate of drug-likeness (QED) is 0.116. The van der Waals surface area contributed by atoms with Crippen LogP contribution in [-0.2, 0) is 0 Å². The van der Waals surface area contributed by atoms with Crippen molar-refractivity contribution in [2.45, 2.75) is 0 Å². The molecule has 8 aromatic rings. The van der Waals surface area contributed by atoms with Gasteiger partial charge in [-0.2, -0.15) is 0 Å². The van der Waals surface area contributed by atoms with E-state index in [-0.39, 0.29) is 0 Å². The van der Waals surface area contributed by atoms with Crippen LogP contribution >= 0.6 is 0 Å². The van der Waals surface area contributed by atoms with Gasteiger partial charge in [-0.05, 0) is 90.7 Å². The van der Waals surface area contributed by atoms with Crippen molar-refractivity contribution in [1.82, 2.24) is 0 Å². The van der Waals surface area contributed by atoms with Gasteiger partial charge in [-0.15, -0.1) is 0 Å². The highest BCUT2D eigenvalue weighted by Crippen LogP contribution is 2.33. The first-order valence-electron chi connectivity index (χ1n) is 19.6. The molecule has 0 aliphatic rings. The lowest BCUT2D eigenvalue weighted by Crippen LogP contribution is -1.92. The fourth-order valence-electron chi connectivity index (χ4n) is 7.36. The highest BCUT2D eigenvalue weighted by Gasteiger charge is 2.11. The van der Waals surface area contributed by atoms with Crippen LogP contribution in [0.1, 0.15) is 55.6 Å². The molecule has 280 valence electrons. The maximum Gasteiger partial charge on any atom is 0.126 e. The minimum atomic E-state index is 0.824. The molecule has 2 heteroatoms. The molecule has 0 aromatic heterocycles. The largest absolute Gasteiger partial charge is 0.496 e. The van der Waals surface area contributed by atoms with E-state index in [0.717, 1.165) is 78.3 Å². The summed E-state index contributed by atoms with van der Waals surface area (Å²) in [6, 6.07) is 67.8. The number of methoxy groups -OCH3 is 2. The summed E-state index contributed by atoms with van der Waals surface area (Å²) in [4.78, 5) is 0. The van der Waals surface area contributed by atoms with Gasteiger partial charge in [0.1, 0.15) is 11.5 Å². The predicted molar refractivity (Wildman–Crippen MR) is 248 cm³/mol. The van der Waals surface area contributed by atoms with Crippen LogP contribution in [0.2, 0.25) is 0 Å². The van der Waals surface area contributed by atoms with Gasteiger partial charge in [0.15, 0.2) is 0 Å². The average molecular weight is 749 g/mol. The number of rotatable bonds is 12. The van der Waals surface area contributed by atoms with Crippen LogP contribution < -0.4 is 9.47 Å². The van der Waals surface area contributed by atoms with Gasteiger partial charge in [-0.1, -0.05) is 206 Å². The van der Waals surface area contributed by atoms with E-state index in [1.807, 2.05) is 24.3 Å². The number of benzene rings is 8. The second-order valence-corrected chi connectivity index (χ2v) is 14.0. The lowest BCUT2D eigenvalue weighted by Gasteiger charge is -2.12. The maximum atomic E-state index is 5.94. The van der Waals surface area contributed by atoms with E-state index in [9.17, 15) is 0 Å². The van der Waals surface area contributed by atoms with Gasteiger partial charge in [-0.25, -0.2) is 0 Å². The highest BCUT2D eigenvalue weighted by molar-refractivity contribution is 5.99. The van der Waals surface area contributed by atoms with E-state index >= 15 is 0 Å². The molecule has 0 saturated carbocycles. The van der Waals surface area contributed by atoms with Crippen LogP contribution in [0.4, 0.5) is 0 Å². The van der Waals surface area contributed by atoms with Crippen molar-refractivity contribution in [3.63, 3.8) is 0 Å². The summed E-state index contributed by atoms with van der Waals surface area (Å²) >= 11 is 0. The van der Waals surface area contributed by atoms with Crippen molar-refractivity contribution < 1.29 is 9.47 Å². The molecular formula is C56H44O2. The zero-order valence-corrected chi connectivity index (χ0v) is 32.8. The van der Waals surface area contributed by atoms with E-state index < -0.39 is 0 Å². The Balaban J connectivity index is 1.06. The monoisotopic (exact) mass is 748 g/mol. The van der Waals surface area contributed by atoms with Crippen molar-refractivity contribution in [2.75, 3.05) is 14.2 Å². The smallest absolute Gasteiger partial charge is 0.126 e. The third-order valence-corrected chi connectivity index (χ3v) is 10.4. The van der Waals surface area contributed by atoms with E-state index in [2.05, 4.69) is 206 Å². The molecule has 0 fully saturated rings. The molecule has 0 aliphatic carbocycles. The number of hydrogen-bond acceptors (Lipinski definition) is 2. The van der Waals surface area contributed by atoms with E-state index in [1.54, 1.807) is 14.2 Å². The van der Waals surface area contributed by atoms with Crippen LogP contribution in [0.5, 0.6) is 11.5 Å². The molecule has 2 nitrogen and oxygen atoms in total. The Morgan fingerprint density at radius 3 is 0.966 bits per heavy atom. The lowest BCUT2D eigenvalue weighted by molar-refractivity contribution is 0.413. The van der Waals surface area contributed by atoms with Gasteiger partial charge in [0, 0.05) is 11.1 Å². The number of ether oxygens (including phenoxy) is 2. The molecule has 0 spiro atoms. The second-order valence-electron chi connectivity index (χ2n) is 14.0. The van der Waals surface area contributed by atoms with Gasteiger partial charge in [-0.3, -0.25) is 0 Å². The average Bonchev–Trinajstić information content (AvgIpc) is 3.30. The molecular weight excluding hydrogens is 705 g/mol. The molecule has 0 radical (unpaired) electrons. The van der Waals surface area contributed by atoms with Gasteiger partial charge >= 0.3 is 0 Å². The minimum Gasteiger partial charge on any atom is -0.496 e. The lowest BCUT2D eigenvalue weighted by atomic mass is 9.95. The molecule has 0 heterocycles. The summed E-state index contributed by atoms with van der Waals surface area (Å²) in [6.45, 7) is 0. The Labute approximate surface area is 342 Å². The molecule has 0 saturated heterocycles. The third-order valence-electron chi connectivity index (χ3n) is 10.4. The van der Waals surface area contributed by atoms with E-state index in [4.69, 9.17) is 9.47 Å². The molecule has 58 heavy (non-hydrogen) atoms. The second kappa shape index (κ2) is 18.0. The fraction of sp³-hybridized carbons (Fsp3) is 0.0357. The zero-order chi connectivity index (χ0) is 39.5.